The van der Waals surface area contributed by atoms with Gasteiger partial charge in [-0.15, -0.1) is 0 Å². The number of methoxy groups -OCH3 is 1. The Morgan fingerprint density at radius 3 is 1.92 bits per heavy atom. The maximum absolute atomic E-state index is 11.6. The van der Waals surface area contributed by atoms with Gasteiger partial charge in [0.15, 0.2) is 18.5 Å². The highest BCUT2D eigenvalue weighted by molar-refractivity contribution is 5.74. The summed E-state index contributed by atoms with van der Waals surface area (Å²) in [7, 11) is 1.32. The molecule has 142 valence electrons. The molecule has 1 aliphatic rings. The molecule has 0 spiro atoms. The number of amides is 1. The predicted molar refractivity (Wildman–Crippen MR) is 81.0 cm³/mol. The van der Waals surface area contributed by atoms with Gasteiger partial charge in [0.2, 0.25) is 5.91 Å². The van der Waals surface area contributed by atoms with Gasteiger partial charge in [0.05, 0.1) is 0 Å². The van der Waals surface area contributed by atoms with Crippen molar-refractivity contribution < 1.29 is 42.9 Å². The van der Waals surface area contributed by atoms with Crippen LogP contribution in [0, 0.1) is 0 Å². The maximum Gasteiger partial charge on any atom is 0.303 e. The van der Waals surface area contributed by atoms with E-state index in [0.29, 0.717) is 0 Å². The van der Waals surface area contributed by atoms with Crippen molar-refractivity contribution in [2.24, 2.45) is 0 Å². The monoisotopic (exact) mass is 361 g/mol. The third-order valence-electron chi connectivity index (χ3n) is 3.31. The van der Waals surface area contributed by atoms with Crippen LogP contribution < -0.4 is 5.32 Å². The SMILES string of the molecule is CO[C@H]1O[C@H](COC(C)=O)[C@@H](OC(C)=O)[C@@H](NC(C)=O)[C@H]1OC(C)=O. The number of carbonyl (C=O) groups is 4. The van der Waals surface area contributed by atoms with Gasteiger partial charge >= 0.3 is 17.9 Å². The van der Waals surface area contributed by atoms with Gasteiger partial charge in [0.25, 0.3) is 0 Å². The van der Waals surface area contributed by atoms with E-state index in [1.54, 1.807) is 0 Å². The zero-order valence-corrected chi connectivity index (χ0v) is 14.8. The van der Waals surface area contributed by atoms with E-state index in [1.165, 1.54) is 34.8 Å². The first-order chi connectivity index (χ1) is 11.6. The van der Waals surface area contributed by atoms with Gasteiger partial charge in [-0.25, -0.2) is 0 Å². The van der Waals surface area contributed by atoms with Gasteiger partial charge in [-0.05, 0) is 0 Å². The van der Waals surface area contributed by atoms with Crippen LogP contribution >= 0.6 is 0 Å². The number of esters is 3. The van der Waals surface area contributed by atoms with Crippen LogP contribution in [-0.4, -0.2) is 68.2 Å². The summed E-state index contributed by atoms with van der Waals surface area (Å²) in [6.45, 7) is 4.59. The van der Waals surface area contributed by atoms with Crippen LogP contribution in [0.15, 0.2) is 0 Å². The maximum atomic E-state index is 11.6. The van der Waals surface area contributed by atoms with E-state index in [2.05, 4.69) is 5.32 Å². The lowest BCUT2D eigenvalue weighted by Gasteiger charge is -2.44. The molecule has 1 fully saturated rings. The first-order valence-corrected chi connectivity index (χ1v) is 7.58. The molecule has 10 heteroatoms. The van der Waals surface area contributed by atoms with E-state index in [-0.39, 0.29) is 6.61 Å². The highest BCUT2D eigenvalue weighted by atomic mass is 16.7. The molecule has 0 unspecified atom stereocenters. The molecule has 0 aromatic carbocycles. The molecule has 1 saturated heterocycles. The molecule has 1 N–H and O–H groups in total. The van der Waals surface area contributed by atoms with Crippen LogP contribution in [0.25, 0.3) is 0 Å². The molecule has 0 aromatic rings. The fourth-order valence-corrected chi connectivity index (χ4v) is 2.50. The molecule has 0 radical (unpaired) electrons. The lowest BCUT2D eigenvalue weighted by Crippen LogP contribution is -2.66. The second kappa shape index (κ2) is 9.33. The zero-order valence-electron chi connectivity index (χ0n) is 14.8. The van der Waals surface area contributed by atoms with Crippen molar-refractivity contribution in [2.75, 3.05) is 13.7 Å². The second-order valence-corrected chi connectivity index (χ2v) is 5.46. The molecule has 1 heterocycles. The first-order valence-electron chi connectivity index (χ1n) is 7.58. The van der Waals surface area contributed by atoms with Gasteiger partial charge < -0.3 is 29.0 Å². The third kappa shape index (κ3) is 6.31. The van der Waals surface area contributed by atoms with Crippen LogP contribution in [0.1, 0.15) is 27.7 Å². The van der Waals surface area contributed by atoms with Crippen molar-refractivity contribution in [2.45, 2.75) is 58.3 Å². The number of rotatable bonds is 6. The van der Waals surface area contributed by atoms with Crippen LogP contribution in [0.5, 0.6) is 0 Å². The van der Waals surface area contributed by atoms with Crippen LogP contribution in [0.2, 0.25) is 0 Å². The van der Waals surface area contributed by atoms with Crippen molar-refractivity contribution >= 4 is 23.8 Å². The van der Waals surface area contributed by atoms with Gasteiger partial charge in [-0.3, -0.25) is 19.2 Å². The molecule has 1 amide bonds. The number of nitrogens with one attached hydrogen (secondary N) is 1. The van der Waals surface area contributed by atoms with Crippen molar-refractivity contribution in [1.29, 1.82) is 0 Å². The molecule has 0 saturated carbocycles. The van der Waals surface area contributed by atoms with E-state index < -0.39 is 54.5 Å². The summed E-state index contributed by atoms with van der Waals surface area (Å²) in [5, 5.41) is 2.58. The molecular formula is C15H23NO9. The Labute approximate surface area is 145 Å². The van der Waals surface area contributed by atoms with Gasteiger partial charge in [-0.1, -0.05) is 0 Å². The number of hydrogen-bond donors (Lipinski definition) is 1. The Bertz CT molecular complexity index is 521. The fraction of sp³-hybridized carbons (Fsp3) is 0.733. The van der Waals surface area contributed by atoms with E-state index in [1.807, 2.05) is 0 Å². The standard InChI is InChI=1S/C15H23NO9/c1-7(17)16-12-13(23-9(3)19)11(6-22-8(2)18)25-15(21-5)14(12)24-10(4)20/h11-15H,6H2,1-5H3,(H,16,17)/t11-,12-,13-,14-,15+/m1/s1. The molecule has 0 aliphatic carbocycles. The summed E-state index contributed by atoms with van der Waals surface area (Å²) in [6, 6.07) is -0.954. The summed E-state index contributed by atoms with van der Waals surface area (Å²) in [5.74, 6) is -2.28. The van der Waals surface area contributed by atoms with E-state index in [9.17, 15) is 19.2 Å². The van der Waals surface area contributed by atoms with Crippen LogP contribution in [0.4, 0.5) is 0 Å². The molecule has 0 aromatic heterocycles. The van der Waals surface area contributed by atoms with E-state index in [4.69, 9.17) is 23.7 Å². The normalized spacial score (nSPS) is 28.6. The lowest BCUT2D eigenvalue weighted by atomic mass is 9.95. The topological polar surface area (TPSA) is 126 Å². The number of ether oxygens (including phenoxy) is 5. The van der Waals surface area contributed by atoms with Gasteiger partial charge in [-0.2, -0.15) is 0 Å². The molecule has 5 atom stereocenters. The highest BCUT2D eigenvalue weighted by Crippen LogP contribution is 2.27. The minimum absolute atomic E-state index is 0.240. The molecule has 25 heavy (non-hydrogen) atoms. The highest BCUT2D eigenvalue weighted by Gasteiger charge is 2.50. The fourth-order valence-electron chi connectivity index (χ4n) is 2.50. The summed E-state index contributed by atoms with van der Waals surface area (Å²) < 4.78 is 26.1. The van der Waals surface area contributed by atoms with Gasteiger partial charge in [0, 0.05) is 34.8 Å². The Morgan fingerprint density at radius 1 is 0.920 bits per heavy atom. The Morgan fingerprint density at radius 2 is 1.48 bits per heavy atom. The van der Waals surface area contributed by atoms with Gasteiger partial charge in [0.1, 0.15) is 18.8 Å². The summed E-state index contributed by atoms with van der Waals surface area (Å²) >= 11 is 0. The van der Waals surface area contributed by atoms with Crippen molar-refractivity contribution in [1.82, 2.24) is 5.32 Å². The lowest BCUT2D eigenvalue weighted by molar-refractivity contribution is -0.279. The summed E-state index contributed by atoms with van der Waals surface area (Å²) in [5.41, 5.74) is 0. The molecule has 1 rings (SSSR count). The zero-order chi connectivity index (χ0) is 19.1. The van der Waals surface area contributed by atoms with E-state index >= 15 is 0 Å². The minimum atomic E-state index is -1.07. The third-order valence-corrected chi connectivity index (χ3v) is 3.31. The Balaban J connectivity index is 3.18. The molecular weight excluding hydrogens is 338 g/mol. The molecule has 1 aliphatic heterocycles. The molecule has 0 bridgehead atoms. The van der Waals surface area contributed by atoms with E-state index in [0.717, 1.165) is 0 Å². The van der Waals surface area contributed by atoms with Crippen molar-refractivity contribution in [3.05, 3.63) is 0 Å². The predicted octanol–water partition coefficient (Wildman–Crippen LogP) is -0.711. The number of hydrogen-bond acceptors (Lipinski definition) is 9. The van der Waals surface area contributed by atoms with Crippen molar-refractivity contribution in [3.63, 3.8) is 0 Å². The first kappa shape index (κ1) is 20.8. The average Bonchev–Trinajstić information content (AvgIpc) is 2.48. The molecule has 10 nitrogen and oxygen atoms in total. The Hall–Kier alpha value is -2.20. The average molecular weight is 361 g/mol. The minimum Gasteiger partial charge on any atom is -0.463 e. The number of carbonyl (C=O) groups excluding carboxylic acids is 4. The smallest absolute Gasteiger partial charge is 0.303 e. The van der Waals surface area contributed by atoms with Crippen molar-refractivity contribution in [3.8, 4) is 0 Å². The quantitative estimate of drug-likeness (QED) is 0.482. The summed E-state index contributed by atoms with van der Waals surface area (Å²) in [6.07, 6.45) is -4.12. The second-order valence-electron chi connectivity index (χ2n) is 5.46. The Kier molecular flexibility index (Phi) is 7.78. The van der Waals surface area contributed by atoms with Crippen LogP contribution in [0.3, 0.4) is 0 Å². The largest absolute Gasteiger partial charge is 0.463 e. The summed E-state index contributed by atoms with van der Waals surface area (Å²) in [4.78, 5) is 45.5. The van der Waals surface area contributed by atoms with Crippen LogP contribution in [-0.2, 0) is 42.9 Å².